The normalized spacial score (nSPS) is 12.6. The molecule has 108 valence electrons. The number of pyridine rings is 1. The Morgan fingerprint density at radius 3 is 3.14 bits per heavy atom. The summed E-state index contributed by atoms with van der Waals surface area (Å²) in [4.78, 5) is 16.1. The summed E-state index contributed by atoms with van der Waals surface area (Å²) in [6, 6.07) is 7.35. The second-order valence-electron chi connectivity index (χ2n) is 4.78. The highest BCUT2D eigenvalue weighted by Gasteiger charge is 2.18. The molecule has 1 aliphatic rings. The van der Waals surface area contributed by atoms with Crippen LogP contribution in [0, 0.1) is 0 Å². The largest absolute Gasteiger partial charge is 0.493 e. The Labute approximate surface area is 130 Å². The van der Waals surface area contributed by atoms with Crippen molar-refractivity contribution in [2.75, 3.05) is 12.3 Å². The number of nitrogens with two attached hydrogens (primary N) is 1. The fourth-order valence-electron chi connectivity index (χ4n) is 2.34. The van der Waals surface area contributed by atoms with E-state index in [1.807, 2.05) is 12.1 Å². The van der Waals surface area contributed by atoms with Gasteiger partial charge in [-0.05, 0) is 29.8 Å². The Morgan fingerprint density at radius 1 is 1.48 bits per heavy atom. The predicted molar refractivity (Wildman–Crippen MR) is 83.2 cm³/mol. The second kappa shape index (κ2) is 5.73. The predicted octanol–water partition coefficient (Wildman–Crippen LogP) is 2.29. The Hall–Kier alpha value is -2.08. The van der Waals surface area contributed by atoms with Gasteiger partial charge in [0.15, 0.2) is 5.69 Å². The number of hydrogen-bond donors (Lipinski definition) is 2. The van der Waals surface area contributed by atoms with E-state index in [0.717, 1.165) is 27.8 Å². The molecule has 0 radical (unpaired) electrons. The van der Waals surface area contributed by atoms with Gasteiger partial charge >= 0.3 is 0 Å². The summed E-state index contributed by atoms with van der Waals surface area (Å²) >= 11 is 3.48. The van der Waals surface area contributed by atoms with E-state index in [0.29, 0.717) is 18.8 Å². The van der Waals surface area contributed by atoms with Gasteiger partial charge in [0.25, 0.3) is 5.91 Å². The molecular formula is C15H14BrN3O2. The third-order valence-corrected chi connectivity index (χ3v) is 3.78. The minimum atomic E-state index is -0.292. The summed E-state index contributed by atoms with van der Waals surface area (Å²) in [6.07, 6.45) is 2.44. The van der Waals surface area contributed by atoms with Crippen LogP contribution in [0.25, 0.3) is 0 Å². The van der Waals surface area contributed by atoms with Crippen LogP contribution in [0.3, 0.4) is 0 Å². The number of ether oxygens (including phenoxy) is 1. The van der Waals surface area contributed by atoms with Crippen molar-refractivity contribution in [1.29, 1.82) is 0 Å². The summed E-state index contributed by atoms with van der Waals surface area (Å²) in [6.45, 7) is 1.05. The smallest absolute Gasteiger partial charge is 0.272 e. The number of aromatic nitrogens is 1. The van der Waals surface area contributed by atoms with Crippen LogP contribution >= 0.6 is 15.9 Å². The monoisotopic (exact) mass is 347 g/mol. The molecule has 0 unspecified atom stereocenters. The van der Waals surface area contributed by atoms with Gasteiger partial charge in [-0.15, -0.1) is 0 Å². The zero-order valence-corrected chi connectivity index (χ0v) is 12.8. The van der Waals surface area contributed by atoms with Crippen molar-refractivity contribution < 1.29 is 9.53 Å². The third kappa shape index (κ3) is 2.85. The van der Waals surface area contributed by atoms with Crippen molar-refractivity contribution in [2.45, 2.75) is 13.0 Å². The summed E-state index contributed by atoms with van der Waals surface area (Å²) in [5.74, 6) is 0.576. The average molecular weight is 348 g/mol. The standard InChI is InChI=1S/C15H14BrN3O2/c16-11-6-9-3-5-21-14(9)10(7-11)8-19-15(20)13-12(17)2-1-4-18-13/h1-2,4,6-7H,3,5,8,17H2,(H,19,20). The number of nitrogen functional groups attached to an aromatic ring is 1. The lowest BCUT2D eigenvalue weighted by atomic mass is 10.1. The number of carbonyl (C=O) groups excluding carboxylic acids is 1. The van der Waals surface area contributed by atoms with Crippen LogP contribution in [-0.4, -0.2) is 17.5 Å². The van der Waals surface area contributed by atoms with Gasteiger partial charge in [0.05, 0.1) is 12.3 Å². The number of hydrogen-bond acceptors (Lipinski definition) is 4. The summed E-state index contributed by atoms with van der Waals surface area (Å²) in [5.41, 5.74) is 8.46. The van der Waals surface area contributed by atoms with Gasteiger partial charge in [-0.1, -0.05) is 15.9 Å². The summed E-state index contributed by atoms with van der Waals surface area (Å²) in [5, 5.41) is 2.83. The molecule has 1 amide bonds. The molecule has 1 aromatic carbocycles. The number of halogens is 1. The molecule has 0 atom stereocenters. The number of nitrogens with one attached hydrogen (secondary N) is 1. The fraction of sp³-hybridized carbons (Fsp3) is 0.200. The molecule has 21 heavy (non-hydrogen) atoms. The van der Waals surface area contributed by atoms with E-state index in [1.165, 1.54) is 0 Å². The summed E-state index contributed by atoms with van der Waals surface area (Å²) in [7, 11) is 0. The molecule has 2 heterocycles. The Balaban J connectivity index is 1.77. The maximum Gasteiger partial charge on any atom is 0.272 e. The number of benzene rings is 1. The Bertz CT molecular complexity index is 703. The van der Waals surface area contributed by atoms with Crippen molar-refractivity contribution in [3.8, 4) is 5.75 Å². The van der Waals surface area contributed by atoms with Gasteiger partial charge in [-0.25, -0.2) is 4.98 Å². The molecular weight excluding hydrogens is 334 g/mol. The van der Waals surface area contributed by atoms with E-state index in [1.54, 1.807) is 18.3 Å². The Kier molecular flexibility index (Phi) is 3.79. The van der Waals surface area contributed by atoms with E-state index in [-0.39, 0.29) is 11.6 Å². The minimum Gasteiger partial charge on any atom is -0.493 e. The quantitative estimate of drug-likeness (QED) is 0.892. The molecule has 0 saturated carbocycles. The van der Waals surface area contributed by atoms with Crippen molar-refractivity contribution in [2.24, 2.45) is 0 Å². The van der Waals surface area contributed by atoms with E-state index >= 15 is 0 Å². The van der Waals surface area contributed by atoms with Gasteiger partial charge in [0, 0.05) is 29.2 Å². The molecule has 3 rings (SSSR count). The fourth-order valence-corrected chi connectivity index (χ4v) is 2.90. The molecule has 6 heteroatoms. The van der Waals surface area contributed by atoms with E-state index in [2.05, 4.69) is 26.2 Å². The SMILES string of the molecule is Nc1cccnc1C(=O)NCc1cc(Br)cc2c1OCC2. The van der Waals surface area contributed by atoms with Crippen molar-refractivity contribution >= 4 is 27.5 Å². The molecule has 0 fully saturated rings. The van der Waals surface area contributed by atoms with Crippen LogP contribution in [0.15, 0.2) is 34.9 Å². The zero-order chi connectivity index (χ0) is 14.8. The first kappa shape index (κ1) is 13.9. The third-order valence-electron chi connectivity index (χ3n) is 3.32. The molecule has 2 aromatic rings. The Morgan fingerprint density at radius 2 is 2.33 bits per heavy atom. The van der Waals surface area contributed by atoms with Crippen LogP contribution in [0.1, 0.15) is 21.6 Å². The van der Waals surface area contributed by atoms with E-state index in [4.69, 9.17) is 10.5 Å². The highest BCUT2D eigenvalue weighted by atomic mass is 79.9. The topological polar surface area (TPSA) is 77.2 Å². The molecule has 5 nitrogen and oxygen atoms in total. The number of anilines is 1. The van der Waals surface area contributed by atoms with E-state index < -0.39 is 0 Å². The lowest BCUT2D eigenvalue weighted by Crippen LogP contribution is -2.25. The average Bonchev–Trinajstić information content (AvgIpc) is 2.93. The number of fused-ring (bicyclic) bond motifs is 1. The van der Waals surface area contributed by atoms with Crippen molar-refractivity contribution in [1.82, 2.24) is 10.3 Å². The first-order valence-electron chi connectivity index (χ1n) is 6.58. The number of nitrogens with zero attached hydrogens (tertiary/aromatic N) is 1. The first-order chi connectivity index (χ1) is 10.1. The number of rotatable bonds is 3. The van der Waals surface area contributed by atoms with Crippen LogP contribution in [0.2, 0.25) is 0 Å². The molecule has 0 aliphatic carbocycles. The minimum absolute atomic E-state index is 0.241. The zero-order valence-electron chi connectivity index (χ0n) is 11.2. The molecule has 0 bridgehead atoms. The van der Waals surface area contributed by atoms with Crippen LogP contribution < -0.4 is 15.8 Å². The van der Waals surface area contributed by atoms with Crippen LogP contribution in [0.5, 0.6) is 5.75 Å². The molecule has 1 aliphatic heterocycles. The maximum atomic E-state index is 12.1. The van der Waals surface area contributed by atoms with Crippen LogP contribution in [0.4, 0.5) is 5.69 Å². The van der Waals surface area contributed by atoms with Crippen LogP contribution in [-0.2, 0) is 13.0 Å². The lowest BCUT2D eigenvalue weighted by Gasteiger charge is -2.11. The lowest BCUT2D eigenvalue weighted by molar-refractivity contribution is 0.0946. The molecule has 1 aromatic heterocycles. The number of carbonyl (C=O) groups is 1. The summed E-state index contributed by atoms with van der Waals surface area (Å²) < 4.78 is 6.61. The highest BCUT2D eigenvalue weighted by molar-refractivity contribution is 9.10. The number of amides is 1. The van der Waals surface area contributed by atoms with E-state index in [9.17, 15) is 4.79 Å². The highest BCUT2D eigenvalue weighted by Crippen LogP contribution is 2.32. The van der Waals surface area contributed by atoms with Gasteiger partial charge in [0.1, 0.15) is 5.75 Å². The van der Waals surface area contributed by atoms with Gasteiger partial charge < -0.3 is 15.8 Å². The molecule has 3 N–H and O–H groups in total. The van der Waals surface area contributed by atoms with Gasteiger partial charge in [-0.3, -0.25) is 4.79 Å². The van der Waals surface area contributed by atoms with Crippen molar-refractivity contribution in [3.63, 3.8) is 0 Å². The maximum absolute atomic E-state index is 12.1. The first-order valence-corrected chi connectivity index (χ1v) is 7.37. The second-order valence-corrected chi connectivity index (χ2v) is 5.69. The molecule has 0 saturated heterocycles. The van der Waals surface area contributed by atoms with Gasteiger partial charge in [-0.2, -0.15) is 0 Å². The van der Waals surface area contributed by atoms with Crippen molar-refractivity contribution in [3.05, 3.63) is 51.8 Å². The van der Waals surface area contributed by atoms with Gasteiger partial charge in [0.2, 0.25) is 0 Å². The molecule has 0 spiro atoms.